The molecule has 1 aromatic carbocycles. The van der Waals surface area contributed by atoms with Crippen LogP contribution in [0.3, 0.4) is 0 Å². The van der Waals surface area contributed by atoms with Crippen molar-refractivity contribution in [3.63, 3.8) is 0 Å². The van der Waals surface area contributed by atoms with Gasteiger partial charge in [0.1, 0.15) is 0 Å². The average molecular weight is 316 g/mol. The van der Waals surface area contributed by atoms with Gasteiger partial charge in [0.25, 0.3) is 5.91 Å². The molecule has 5 nitrogen and oxygen atoms in total. The summed E-state index contributed by atoms with van der Waals surface area (Å²) in [5.41, 5.74) is 0.408. The molecule has 0 aliphatic carbocycles. The van der Waals surface area contributed by atoms with Crippen molar-refractivity contribution in [3.8, 4) is 11.5 Å². The minimum absolute atomic E-state index is 0.0367. The number of hydrogen-bond donors (Lipinski definition) is 2. The molecule has 0 atom stereocenters. The molecule has 21 heavy (non-hydrogen) atoms. The third kappa shape index (κ3) is 5.44. The molecule has 1 rings (SSSR count). The topological polar surface area (TPSA) is 67.8 Å². The van der Waals surface area contributed by atoms with Gasteiger partial charge in [0.2, 0.25) is 0 Å². The van der Waals surface area contributed by atoms with Gasteiger partial charge >= 0.3 is 0 Å². The molecular formula is C15H22ClNO4. The summed E-state index contributed by atoms with van der Waals surface area (Å²) < 4.78 is 11.1. The molecule has 0 saturated heterocycles. The third-order valence-corrected chi connectivity index (χ3v) is 2.92. The molecule has 0 saturated carbocycles. The van der Waals surface area contributed by atoms with Crippen LogP contribution >= 0.6 is 11.6 Å². The smallest absolute Gasteiger partial charge is 0.251 e. The van der Waals surface area contributed by atoms with Gasteiger partial charge in [-0.1, -0.05) is 18.5 Å². The standard InChI is InChI=1S/C15H22ClNO4/c1-3-8-21-14-12(16)9-11(10-13(14)20-4-2)15(19)17-6-5-7-18/h9-10,18H,3-8H2,1-2H3,(H,17,19). The van der Waals surface area contributed by atoms with E-state index in [4.69, 9.17) is 26.2 Å². The summed E-state index contributed by atoms with van der Waals surface area (Å²) in [5.74, 6) is 0.673. The SMILES string of the molecule is CCCOc1c(Cl)cc(C(=O)NCCCO)cc1OCC. The zero-order valence-electron chi connectivity index (χ0n) is 12.4. The quantitative estimate of drug-likeness (QED) is 0.687. The highest BCUT2D eigenvalue weighted by atomic mass is 35.5. The van der Waals surface area contributed by atoms with Gasteiger partial charge in [0.05, 0.1) is 18.2 Å². The van der Waals surface area contributed by atoms with Gasteiger partial charge in [-0.15, -0.1) is 0 Å². The predicted molar refractivity (Wildman–Crippen MR) is 82.4 cm³/mol. The van der Waals surface area contributed by atoms with E-state index in [1.54, 1.807) is 12.1 Å². The fourth-order valence-corrected chi connectivity index (χ4v) is 1.95. The van der Waals surface area contributed by atoms with E-state index in [0.717, 1.165) is 6.42 Å². The van der Waals surface area contributed by atoms with Gasteiger partial charge in [0.15, 0.2) is 11.5 Å². The van der Waals surface area contributed by atoms with Crippen molar-refractivity contribution in [1.82, 2.24) is 5.32 Å². The molecule has 0 heterocycles. The number of benzene rings is 1. The van der Waals surface area contributed by atoms with E-state index in [1.165, 1.54) is 0 Å². The Morgan fingerprint density at radius 1 is 1.33 bits per heavy atom. The Balaban J connectivity index is 2.94. The highest BCUT2D eigenvalue weighted by Crippen LogP contribution is 2.36. The number of amides is 1. The summed E-state index contributed by atoms with van der Waals surface area (Å²) in [5, 5.41) is 11.8. The third-order valence-electron chi connectivity index (χ3n) is 2.64. The number of nitrogens with one attached hydrogen (secondary N) is 1. The summed E-state index contributed by atoms with van der Waals surface area (Å²) in [7, 11) is 0. The molecule has 118 valence electrons. The molecule has 0 aromatic heterocycles. The molecule has 1 aromatic rings. The first-order chi connectivity index (χ1) is 10.1. The van der Waals surface area contributed by atoms with Crippen LogP contribution in [0.15, 0.2) is 12.1 Å². The molecule has 1 amide bonds. The second kappa shape index (κ2) is 9.47. The van der Waals surface area contributed by atoms with E-state index in [-0.39, 0.29) is 12.5 Å². The Labute approximate surface area is 130 Å². The van der Waals surface area contributed by atoms with Crippen LogP contribution in [0, 0.1) is 0 Å². The Bertz CT molecular complexity index is 465. The van der Waals surface area contributed by atoms with Crippen molar-refractivity contribution in [1.29, 1.82) is 0 Å². The molecule has 0 unspecified atom stereocenters. The Morgan fingerprint density at radius 2 is 2.10 bits per heavy atom. The van der Waals surface area contributed by atoms with E-state index in [0.29, 0.717) is 48.3 Å². The van der Waals surface area contributed by atoms with Gasteiger partial charge in [-0.05, 0) is 31.9 Å². The summed E-state index contributed by atoms with van der Waals surface area (Å²) in [6.45, 7) is 5.28. The summed E-state index contributed by atoms with van der Waals surface area (Å²) in [4.78, 5) is 12.0. The van der Waals surface area contributed by atoms with Gasteiger partial charge < -0.3 is 19.9 Å². The fraction of sp³-hybridized carbons (Fsp3) is 0.533. The lowest BCUT2D eigenvalue weighted by atomic mass is 10.2. The van der Waals surface area contributed by atoms with Crippen LogP contribution in [0.1, 0.15) is 37.0 Å². The average Bonchev–Trinajstić information content (AvgIpc) is 2.46. The van der Waals surface area contributed by atoms with E-state index >= 15 is 0 Å². The molecule has 6 heteroatoms. The normalized spacial score (nSPS) is 10.3. The first-order valence-corrected chi connectivity index (χ1v) is 7.50. The van der Waals surface area contributed by atoms with Crippen LogP contribution in [0.25, 0.3) is 0 Å². The number of halogens is 1. The summed E-state index contributed by atoms with van der Waals surface area (Å²) in [6, 6.07) is 3.18. The lowest BCUT2D eigenvalue weighted by Gasteiger charge is -2.14. The number of carbonyl (C=O) groups is 1. The second-order valence-corrected chi connectivity index (χ2v) is 4.81. The summed E-state index contributed by atoms with van der Waals surface area (Å²) >= 11 is 6.19. The lowest BCUT2D eigenvalue weighted by molar-refractivity contribution is 0.0950. The minimum atomic E-state index is -0.256. The number of rotatable bonds is 9. The predicted octanol–water partition coefficient (Wildman–Crippen LogP) is 2.64. The van der Waals surface area contributed by atoms with Crippen molar-refractivity contribution in [3.05, 3.63) is 22.7 Å². The van der Waals surface area contributed by atoms with Gasteiger partial charge in [-0.3, -0.25) is 4.79 Å². The van der Waals surface area contributed by atoms with E-state index in [2.05, 4.69) is 5.32 Å². The zero-order valence-corrected chi connectivity index (χ0v) is 13.2. The van der Waals surface area contributed by atoms with Crippen molar-refractivity contribution in [2.24, 2.45) is 0 Å². The second-order valence-electron chi connectivity index (χ2n) is 4.40. The molecule has 0 radical (unpaired) electrons. The summed E-state index contributed by atoms with van der Waals surface area (Å²) in [6.07, 6.45) is 1.36. The molecule has 0 bridgehead atoms. The molecular weight excluding hydrogens is 294 g/mol. The van der Waals surface area contributed by atoms with Crippen LogP contribution in [0.2, 0.25) is 5.02 Å². The van der Waals surface area contributed by atoms with Crippen molar-refractivity contribution >= 4 is 17.5 Å². The Kier molecular flexibility index (Phi) is 7.93. The number of ether oxygens (including phenoxy) is 2. The van der Waals surface area contributed by atoms with Crippen molar-refractivity contribution < 1.29 is 19.4 Å². The maximum Gasteiger partial charge on any atom is 0.251 e. The van der Waals surface area contributed by atoms with Crippen LogP contribution < -0.4 is 14.8 Å². The van der Waals surface area contributed by atoms with E-state index < -0.39 is 0 Å². The maximum absolute atomic E-state index is 12.0. The van der Waals surface area contributed by atoms with Crippen LogP contribution in [-0.4, -0.2) is 37.4 Å². The number of aliphatic hydroxyl groups is 1. The molecule has 0 aliphatic rings. The molecule has 0 aliphatic heterocycles. The number of carbonyl (C=O) groups excluding carboxylic acids is 1. The maximum atomic E-state index is 12.0. The largest absolute Gasteiger partial charge is 0.490 e. The van der Waals surface area contributed by atoms with E-state index in [1.807, 2.05) is 13.8 Å². The van der Waals surface area contributed by atoms with Crippen LogP contribution in [0.4, 0.5) is 0 Å². The minimum Gasteiger partial charge on any atom is -0.490 e. The lowest BCUT2D eigenvalue weighted by Crippen LogP contribution is -2.25. The molecule has 0 fully saturated rings. The molecule has 0 spiro atoms. The Hall–Kier alpha value is -1.46. The van der Waals surface area contributed by atoms with Gasteiger partial charge in [-0.25, -0.2) is 0 Å². The van der Waals surface area contributed by atoms with Crippen LogP contribution in [-0.2, 0) is 0 Å². The van der Waals surface area contributed by atoms with E-state index in [9.17, 15) is 4.79 Å². The first kappa shape index (κ1) is 17.6. The van der Waals surface area contributed by atoms with Crippen molar-refractivity contribution in [2.75, 3.05) is 26.4 Å². The zero-order chi connectivity index (χ0) is 15.7. The van der Waals surface area contributed by atoms with Crippen LogP contribution in [0.5, 0.6) is 11.5 Å². The van der Waals surface area contributed by atoms with Gasteiger partial charge in [0, 0.05) is 18.7 Å². The Morgan fingerprint density at radius 3 is 2.71 bits per heavy atom. The highest BCUT2D eigenvalue weighted by Gasteiger charge is 2.16. The number of aliphatic hydroxyl groups excluding tert-OH is 1. The molecule has 2 N–H and O–H groups in total. The van der Waals surface area contributed by atoms with Crippen molar-refractivity contribution in [2.45, 2.75) is 26.7 Å². The highest BCUT2D eigenvalue weighted by molar-refractivity contribution is 6.32. The first-order valence-electron chi connectivity index (χ1n) is 7.12. The fourth-order valence-electron chi connectivity index (χ4n) is 1.69. The van der Waals surface area contributed by atoms with Gasteiger partial charge in [-0.2, -0.15) is 0 Å². The monoisotopic (exact) mass is 315 g/mol. The number of hydrogen-bond acceptors (Lipinski definition) is 4.